The molecule has 1 N–H and O–H groups in total. The van der Waals surface area contributed by atoms with Gasteiger partial charge in [0.25, 0.3) is 5.91 Å². The molecule has 22 heavy (non-hydrogen) atoms. The minimum atomic E-state index is -4.55. The van der Waals surface area contributed by atoms with Crippen molar-refractivity contribution in [3.8, 4) is 0 Å². The fraction of sp³-hybridized carbons (Fsp3) is 0.538. The van der Waals surface area contributed by atoms with Gasteiger partial charge in [-0.25, -0.2) is 0 Å². The summed E-state index contributed by atoms with van der Waals surface area (Å²) in [5.41, 5.74) is -0.126. The number of nitrogens with one attached hydrogen (secondary N) is 1. The lowest BCUT2D eigenvalue weighted by Crippen LogP contribution is -2.58. The van der Waals surface area contributed by atoms with Crippen LogP contribution in [0.1, 0.15) is 30.1 Å². The Morgan fingerprint density at radius 2 is 2.09 bits per heavy atom. The van der Waals surface area contributed by atoms with E-state index in [1.54, 1.807) is 0 Å². The smallest absolute Gasteiger partial charge is 0.408 e. The number of hydrogen-bond donors (Lipinski definition) is 1. The van der Waals surface area contributed by atoms with Gasteiger partial charge in [-0.15, -0.1) is 0 Å². The maximum atomic E-state index is 13.1. The summed E-state index contributed by atoms with van der Waals surface area (Å²) in [7, 11) is 0. The van der Waals surface area contributed by atoms with Gasteiger partial charge in [0.1, 0.15) is 6.04 Å². The van der Waals surface area contributed by atoms with E-state index in [0.717, 1.165) is 6.26 Å². The Bertz CT molecular complexity index is 573. The maximum Gasteiger partial charge on any atom is 0.408 e. The molecule has 2 rings (SSSR count). The molecule has 0 aromatic carbocycles. The number of carbonyl (C=O) groups excluding carboxylic acids is 2. The fourth-order valence-corrected chi connectivity index (χ4v) is 2.74. The van der Waals surface area contributed by atoms with E-state index >= 15 is 0 Å². The average molecular weight is 339 g/mol. The number of alkyl halides is 3. The number of halogens is 4. The van der Waals surface area contributed by atoms with Crippen LogP contribution in [0.3, 0.4) is 0 Å². The molecular weight excluding hydrogens is 325 g/mol. The van der Waals surface area contributed by atoms with Gasteiger partial charge in [0.05, 0.1) is 11.8 Å². The summed E-state index contributed by atoms with van der Waals surface area (Å²) in [5, 5.41) is 2.29. The second-order valence-corrected chi connectivity index (χ2v) is 5.44. The largest absolute Gasteiger partial charge is 0.452 e. The van der Waals surface area contributed by atoms with Crippen LogP contribution >= 0.6 is 11.6 Å². The predicted molar refractivity (Wildman–Crippen MR) is 71.4 cm³/mol. The summed E-state index contributed by atoms with van der Waals surface area (Å²) in [6.07, 6.45) is -3.55. The standard InChI is InChI=1S/C13H14ClF3N2O3/c1-7(20)18-8-2-3-10(13(15,16)17)19(6-8)12(21)9-4-5-22-11(9)14/h4-5,8,10H,2-3,6H2,1H3,(H,18,20)/t8-,10+/m1/s1. The summed E-state index contributed by atoms with van der Waals surface area (Å²) < 4.78 is 44.2. The third-order valence-electron chi connectivity index (χ3n) is 3.48. The molecule has 9 heteroatoms. The normalized spacial score (nSPS) is 22.5. The van der Waals surface area contributed by atoms with E-state index in [4.69, 9.17) is 16.0 Å². The van der Waals surface area contributed by atoms with Crippen LogP contribution in [0.2, 0.25) is 5.22 Å². The zero-order valence-electron chi connectivity index (χ0n) is 11.6. The molecule has 0 saturated carbocycles. The molecule has 0 radical (unpaired) electrons. The van der Waals surface area contributed by atoms with Crippen LogP contribution in [-0.2, 0) is 4.79 Å². The number of rotatable bonds is 2. The van der Waals surface area contributed by atoms with Crippen LogP contribution < -0.4 is 5.32 Å². The van der Waals surface area contributed by atoms with E-state index in [1.165, 1.54) is 13.0 Å². The lowest BCUT2D eigenvalue weighted by Gasteiger charge is -2.40. The van der Waals surface area contributed by atoms with Gasteiger partial charge in [0.15, 0.2) is 0 Å². The van der Waals surface area contributed by atoms with Crippen LogP contribution in [0.5, 0.6) is 0 Å². The number of amides is 2. The van der Waals surface area contributed by atoms with Crippen molar-refractivity contribution >= 4 is 23.4 Å². The molecule has 1 aromatic rings. The van der Waals surface area contributed by atoms with Gasteiger partial charge in [0.2, 0.25) is 11.1 Å². The molecule has 2 heterocycles. The van der Waals surface area contributed by atoms with Crippen molar-refractivity contribution in [3.63, 3.8) is 0 Å². The Hall–Kier alpha value is -1.70. The second-order valence-electron chi connectivity index (χ2n) is 5.10. The number of piperidine rings is 1. The zero-order chi connectivity index (χ0) is 16.5. The lowest BCUT2D eigenvalue weighted by atomic mass is 9.97. The molecule has 122 valence electrons. The highest BCUT2D eigenvalue weighted by molar-refractivity contribution is 6.32. The van der Waals surface area contributed by atoms with Gasteiger partial charge in [-0.05, 0) is 30.5 Å². The molecule has 2 amide bonds. The van der Waals surface area contributed by atoms with Crippen molar-refractivity contribution in [2.75, 3.05) is 6.54 Å². The molecule has 0 bridgehead atoms. The molecule has 0 spiro atoms. The highest BCUT2D eigenvalue weighted by Crippen LogP contribution is 2.33. The summed E-state index contributed by atoms with van der Waals surface area (Å²) in [6, 6.07) is -1.21. The van der Waals surface area contributed by atoms with Crippen molar-refractivity contribution in [1.29, 1.82) is 0 Å². The van der Waals surface area contributed by atoms with Crippen LogP contribution in [0.15, 0.2) is 16.7 Å². The number of furan rings is 1. The van der Waals surface area contributed by atoms with E-state index in [1.807, 2.05) is 0 Å². The predicted octanol–water partition coefficient (Wildman–Crippen LogP) is 2.60. The highest BCUT2D eigenvalue weighted by Gasteiger charge is 2.48. The lowest BCUT2D eigenvalue weighted by molar-refractivity contribution is -0.184. The molecule has 0 aliphatic carbocycles. The van der Waals surface area contributed by atoms with Crippen LogP contribution in [0.25, 0.3) is 0 Å². The molecule has 1 aliphatic heterocycles. The summed E-state index contributed by atoms with van der Waals surface area (Å²) in [5.74, 6) is -1.22. The Morgan fingerprint density at radius 3 is 2.59 bits per heavy atom. The van der Waals surface area contributed by atoms with E-state index < -0.39 is 24.2 Å². The SMILES string of the molecule is CC(=O)N[C@@H]1CC[C@@H](C(F)(F)F)N(C(=O)c2ccoc2Cl)C1. The number of nitrogens with zero attached hydrogens (tertiary/aromatic N) is 1. The van der Waals surface area contributed by atoms with Crippen molar-refractivity contribution in [2.24, 2.45) is 0 Å². The van der Waals surface area contributed by atoms with Crippen LogP contribution in [0, 0.1) is 0 Å². The Balaban J connectivity index is 2.25. The topological polar surface area (TPSA) is 62.6 Å². The first kappa shape index (κ1) is 16.7. The first-order valence-corrected chi connectivity index (χ1v) is 6.95. The van der Waals surface area contributed by atoms with Crippen molar-refractivity contribution in [1.82, 2.24) is 10.2 Å². The average Bonchev–Trinajstić information content (AvgIpc) is 2.82. The minimum absolute atomic E-state index is 0.126. The van der Waals surface area contributed by atoms with Gasteiger partial charge in [-0.2, -0.15) is 13.2 Å². The molecule has 1 saturated heterocycles. The van der Waals surface area contributed by atoms with Crippen LogP contribution in [0.4, 0.5) is 13.2 Å². The number of carbonyl (C=O) groups is 2. The summed E-state index contributed by atoms with van der Waals surface area (Å²) in [4.78, 5) is 24.1. The first-order chi connectivity index (χ1) is 10.2. The number of likely N-dealkylation sites (tertiary alicyclic amines) is 1. The third-order valence-corrected chi connectivity index (χ3v) is 3.77. The monoisotopic (exact) mass is 338 g/mol. The van der Waals surface area contributed by atoms with E-state index in [9.17, 15) is 22.8 Å². The summed E-state index contributed by atoms with van der Waals surface area (Å²) >= 11 is 5.67. The Labute approximate surface area is 129 Å². The van der Waals surface area contributed by atoms with Gasteiger partial charge >= 0.3 is 6.18 Å². The minimum Gasteiger partial charge on any atom is -0.452 e. The zero-order valence-corrected chi connectivity index (χ0v) is 12.4. The van der Waals surface area contributed by atoms with Gasteiger partial charge in [-0.1, -0.05) is 0 Å². The van der Waals surface area contributed by atoms with E-state index in [2.05, 4.69) is 5.32 Å². The van der Waals surface area contributed by atoms with Gasteiger partial charge < -0.3 is 14.6 Å². The Kier molecular flexibility index (Phi) is 4.69. The van der Waals surface area contributed by atoms with Gasteiger partial charge in [-0.3, -0.25) is 9.59 Å². The second kappa shape index (κ2) is 6.20. The van der Waals surface area contributed by atoms with E-state index in [-0.39, 0.29) is 36.1 Å². The summed E-state index contributed by atoms with van der Waals surface area (Å²) in [6.45, 7) is 1.04. The molecule has 1 aromatic heterocycles. The highest BCUT2D eigenvalue weighted by atomic mass is 35.5. The van der Waals surface area contributed by atoms with E-state index in [0.29, 0.717) is 4.90 Å². The first-order valence-electron chi connectivity index (χ1n) is 6.58. The molecule has 5 nitrogen and oxygen atoms in total. The molecule has 1 fully saturated rings. The fourth-order valence-electron chi connectivity index (χ4n) is 2.54. The molecule has 0 unspecified atom stereocenters. The molecular formula is C13H14ClF3N2O3. The quantitative estimate of drug-likeness (QED) is 0.901. The van der Waals surface area contributed by atoms with Crippen molar-refractivity contribution in [3.05, 3.63) is 23.1 Å². The maximum absolute atomic E-state index is 13.1. The molecule has 1 aliphatic rings. The van der Waals surface area contributed by atoms with Crippen LogP contribution in [-0.4, -0.2) is 41.5 Å². The Morgan fingerprint density at radius 1 is 1.41 bits per heavy atom. The third kappa shape index (κ3) is 3.55. The van der Waals surface area contributed by atoms with Gasteiger partial charge in [0, 0.05) is 19.5 Å². The van der Waals surface area contributed by atoms with Crippen molar-refractivity contribution in [2.45, 2.75) is 38.0 Å². The molecule has 2 atom stereocenters. The van der Waals surface area contributed by atoms with Crippen molar-refractivity contribution < 1.29 is 27.2 Å². The number of hydrogen-bond acceptors (Lipinski definition) is 3.